The van der Waals surface area contributed by atoms with E-state index in [2.05, 4.69) is 0 Å². The first-order valence-electron chi connectivity index (χ1n) is 6.63. The molecule has 0 radical (unpaired) electrons. The Kier molecular flexibility index (Phi) is 5.12. The Morgan fingerprint density at radius 1 is 1.33 bits per heavy atom. The SMILES string of the molecule is CC(OC(=O)CSc1ccccc1)C1CCCC1. The molecule has 2 rings (SSSR count). The highest BCUT2D eigenvalue weighted by molar-refractivity contribution is 8.00. The Morgan fingerprint density at radius 3 is 2.67 bits per heavy atom. The van der Waals surface area contributed by atoms with Crippen molar-refractivity contribution in [1.82, 2.24) is 0 Å². The summed E-state index contributed by atoms with van der Waals surface area (Å²) in [6.07, 6.45) is 5.06. The molecule has 1 aromatic carbocycles. The number of rotatable bonds is 5. The van der Waals surface area contributed by atoms with Gasteiger partial charge < -0.3 is 4.74 Å². The van der Waals surface area contributed by atoms with E-state index in [9.17, 15) is 4.79 Å². The molecule has 1 aliphatic carbocycles. The first-order valence-corrected chi connectivity index (χ1v) is 7.61. The number of hydrogen-bond acceptors (Lipinski definition) is 3. The predicted octanol–water partition coefficient (Wildman–Crippen LogP) is 3.90. The highest BCUT2D eigenvalue weighted by Gasteiger charge is 2.24. The summed E-state index contributed by atoms with van der Waals surface area (Å²) in [5, 5.41) is 0. The Morgan fingerprint density at radius 2 is 2.00 bits per heavy atom. The van der Waals surface area contributed by atoms with E-state index in [4.69, 9.17) is 4.74 Å². The first kappa shape index (κ1) is 13.5. The second kappa shape index (κ2) is 6.83. The van der Waals surface area contributed by atoms with Gasteiger partial charge in [-0.05, 0) is 37.8 Å². The maximum absolute atomic E-state index is 11.7. The van der Waals surface area contributed by atoms with E-state index in [-0.39, 0.29) is 12.1 Å². The van der Waals surface area contributed by atoms with Gasteiger partial charge in [0.15, 0.2) is 0 Å². The number of esters is 1. The van der Waals surface area contributed by atoms with Gasteiger partial charge in [0, 0.05) is 4.90 Å². The van der Waals surface area contributed by atoms with Gasteiger partial charge in [0.25, 0.3) is 0 Å². The monoisotopic (exact) mass is 264 g/mol. The van der Waals surface area contributed by atoms with Crippen molar-refractivity contribution >= 4 is 17.7 Å². The summed E-state index contributed by atoms with van der Waals surface area (Å²) in [4.78, 5) is 12.9. The zero-order chi connectivity index (χ0) is 12.8. The summed E-state index contributed by atoms with van der Waals surface area (Å²) in [6.45, 7) is 2.03. The molecule has 0 bridgehead atoms. The van der Waals surface area contributed by atoms with Crippen molar-refractivity contribution in [3.05, 3.63) is 30.3 Å². The number of hydrogen-bond donors (Lipinski definition) is 0. The normalized spacial score (nSPS) is 17.6. The van der Waals surface area contributed by atoms with Gasteiger partial charge in [0.1, 0.15) is 6.10 Å². The van der Waals surface area contributed by atoms with Crippen LogP contribution >= 0.6 is 11.8 Å². The molecular weight excluding hydrogens is 244 g/mol. The van der Waals surface area contributed by atoms with E-state index < -0.39 is 0 Å². The molecule has 0 spiro atoms. The van der Waals surface area contributed by atoms with Gasteiger partial charge in [-0.2, -0.15) is 0 Å². The van der Waals surface area contributed by atoms with Crippen molar-refractivity contribution in [1.29, 1.82) is 0 Å². The van der Waals surface area contributed by atoms with Crippen LogP contribution in [0.3, 0.4) is 0 Å². The minimum atomic E-state index is -0.0942. The molecule has 98 valence electrons. The number of benzene rings is 1. The topological polar surface area (TPSA) is 26.3 Å². The van der Waals surface area contributed by atoms with Crippen molar-refractivity contribution in [2.45, 2.75) is 43.6 Å². The fraction of sp³-hybridized carbons (Fsp3) is 0.533. The highest BCUT2D eigenvalue weighted by Crippen LogP contribution is 2.29. The average Bonchev–Trinajstić information content (AvgIpc) is 2.91. The van der Waals surface area contributed by atoms with Gasteiger partial charge in [-0.3, -0.25) is 4.79 Å². The molecule has 0 heterocycles. The van der Waals surface area contributed by atoms with Crippen molar-refractivity contribution in [3.8, 4) is 0 Å². The molecule has 1 saturated carbocycles. The summed E-state index contributed by atoms with van der Waals surface area (Å²) in [6, 6.07) is 9.96. The minimum Gasteiger partial charge on any atom is -0.462 e. The zero-order valence-electron chi connectivity index (χ0n) is 10.8. The van der Waals surface area contributed by atoms with Gasteiger partial charge >= 0.3 is 5.97 Å². The van der Waals surface area contributed by atoms with Crippen LogP contribution in [0.1, 0.15) is 32.6 Å². The molecule has 0 aliphatic heterocycles. The fourth-order valence-corrected chi connectivity index (χ4v) is 3.13. The predicted molar refractivity (Wildman–Crippen MR) is 74.7 cm³/mol. The van der Waals surface area contributed by atoms with Gasteiger partial charge in [0.2, 0.25) is 0 Å². The van der Waals surface area contributed by atoms with Crippen LogP contribution in [0.2, 0.25) is 0 Å². The van der Waals surface area contributed by atoms with E-state index in [1.165, 1.54) is 37.4 Å². The van der Waals surface area contributed by atoms with Crippen LogP contribution in [-0.4, -0.2) is 17.8 Å². The van der Waals surface area contributed by atoms with E-state index in [1.807, 2.05) is 37.3 Å². The maximum Gasteiger partial charge on any atom is 0.316 e. The lowest BCUT2D eigenvalue weighted by molar-refractivity contribution is -0.147. The molecule has 18 heavy (non-hydrogen) atoms. The van der Waals surface area contributed by atoms with E-state index in [0.717, 1.165) is 4.90 Å². The number of thioether (sulfide) groups is 1. The molecule has 1 aromatic rings. The largest absolute Gasteiger partial charge is 0.462 e. The van der Waals surface area contributed by atoms with Crippen molar-refractivity contribution < 1.29 is 9.53 Å². The molecular formula is C15H20O2S. The Balaban J connectivity index is 1.71. The van der Waals surface area contributed by atoms with Gasteiger partial charge in [-0.15, -0.1) is 11.8 Å². The minimum absolute atomic E-state index is 0.0800. The first-order chi connectivity index (χ1) is 8.75. The molecule has 1 aliphatic rings. The molecule has 1 unspecified atom stereocenters. The molecule has 2 nitrogen and oxygen atoms in total. The summed E-state index contributed by atoms with van der Waals surface area (Å²) >= 11 is 1.54. The van der Waals surface area contributed by atoms with Crippen LogP contribution in [0.25, 0.3) is 0 Å². The lowest BCUT2D eigenvalue weighted by atomic mass is 10.0. The van der Waals surface area contributed by atoms with Crippen LogP contribution in [-0.2, 0) is 9.53 Å². The lowest BCUT2D eigenvalue weighted by Gasteiger charge is -2.19. The second-order valence-corrected chi connectivity index (χ2v) is 5.89. The molecule has 1 atom stereocenters. The summed E-state index contributed by atoms with van der Waals surface area (Å²) < 4.78 is 5.50. The number of carbonyl (C=O) groups is 1. The lowest BCUT2D eigenvalue weighted by Crippen LogP contribution is -2.23. The maximum atomic E-state index is 11.7. The number of ether oxygens (including phenoxy) is 1. The van der Waals surface area contributed by atoms with Gasteiger partial charge in [-0.1, -0.05) is 31.0 Å². The third-order valence-corrected chi connectivity index (χ3v) is 4.47. The Labute approximate surface area is 113 Å². The van der Waals surface area contributed by atoms with Crippen LogP contribution in [0.4, 0.5) is 0 Å². The van der Waals surface area contributed by atoms with E-state index >= 15 is 0 Å². The summed E-state index contributed by atoms with van der Waals surface area (Å²) in [5.41, 5.74) is 0. The van der Waals surface area contributed by atoms with E-state index in [1.54, 1.807) is 0 Å². The molecule has 1 fully saturated rings. The quantitative estimate of drug-likeness (QED) is 0.596. The van der Waals surface area contributed by atoms with Crippen LogP contribution in [0, 0.1) is 5.92 Å². The molecule has 0 saturated heterocycles. The highest BCUT2D eigenvalue weighted by atomic mass is 32.2. The van der Waals surface area contributed by atoms with Gasteiger partial charge in [-0.25, -0.2) is 0 Å². The summed E-state index contributed by atoms with van der Waals surface area (Å²) in [7, 11) is 0. The molecule has 3 heteroatoms. The van der Waals surface area contributed by atoms with Crippen molar-refractivity contribution in [2.75, 3.05) is 5.75 Å². The second-order valence-electron chi connectivity index (χ2n) is 4.84. The third-order valence-electron chi connectivity index (χ3n) is 3.48. The van der Waals surface area contributed by atoms with E-state index in [0.29, 0.717) is 11.7 Å². The van der Waals surface area contributed by atoms with Crippen LogP contribution in [0.5, 0.6) is 0 Å². The zero-order valence-corrected chi connectivity index (χ0v) is 11.6. The van der Waals surface area contributed by atoms with Crippen LogP contribution < -0.4 is 0 Å². The molecule has 0 aromatic heterocycles. The standard InChI is InChI=1S/C15H20O2S/c1-12(13-7-5-6-8-13)17-15(16)11-18-14-9-3-2-4-10-14/h2-4,9-10,12-13H,5-8,11H2,1H3. The Hall–Kier alpha value is -0.960. The number of carbonyl (C=O) groups excluding carboxylic acids is 1. The average molecular weight is 264 g/mol. The van der Waals surface area contributed by atoms with Crippen molar-refractivity contribution in [2.24, 2.45) is 5.92 Å². The fourth-order valence-electron chi connectivity index (χ4n) is 2.42. The molecule has 0 N–H and O–H groups in total. The van der Waals surface area contributed by atoms with Crippen LogP contribution in [0.15, 0.2) is 35.2 Å². The smallest absolute Gasteiger partial charge is 0.316 e. The molecule has 0 amide bonds. The Bertz CT molecular complexity index is 371. The van der Waals surface area contributed by atoms with Gasteiger partial charge in [0.05, 0.1) is 5.75 Å². The van der Waals surface area contributed by atoms with Crippen molar-refractivity contribution in [3.63, 3.8) is 0 Å². The third kappa shape index (κ3) is 4.05. The summed E-state index contributed by atoms with van der Waals surface area (Å²) in [5.74, 6) is 0.889.